The molecule has 0 saturated carbocycles. The molecule has 2 heterocycles. The fourth-order valence-electron chi connectivity index (χ4n) is 1.85. The number of hydrogen-bond acceptors (Lipinski definition) is 3. The van der Waals surface area contributed by atoms with Gasteiger partial charge in [-0.25, -0.2) is 0 Å². The lowest BCUT2D eigenvalue weighted by Gasteiger charge is -2.35. The summed E-state index contributed by atoms with van der Waals surface area (Å²) in [7, 11) is 0. The third-order valence-corrected chi connectivity index (χ3v) is 4.02. The summed E-state index contributed by atoms with van der Waals surface area (Å²) in [4.78, 5) is 0. The standard InChI is InChI=1S/C10H14ClNOS/c1-7-2-4-10(13,6-12-7)8-3-5-14-9(8)11/h3,5,7,12-13H,2,4,6H2,1H3. The maximum absolute atomic E-state index is 10.4. The van der Waals surface area contributed by atoms with Gasteiger partial charge in [-0.2, -0.15) is 0 Å². The van der Waals surface area contributed by atoms with Gasteiger partial charge in [-0.3, -0.25) is 0 Å². The average molecular weight is 232 g/mol. The van der Waals surface area contributed by atoms with Crippen molar-refractivity contribution < 1.29 is 5.11 Å². The molecule has 0 aromatic carbocycles. The van der Waals surface area contributed by atoms with Gasteiger partial charge in [0.1, 0.15) is 5.60 Å². The van der Waals surface area contributed by atoms with Gasteiger partial charge in [0, 0.05) is 18.2 Å². The van der Waals surface area contributed by atoms with Gasteiger partial charge in [-0.05, 0) is 31.2 Å². The van der Waals surface area contributed by atoms with Crippen LogP contribution in [0.4, 0.5) is 0 Å². The van der Waals surface area contributed by atoms with Crippen molar-refractivity contribution in [3.8, 4) is 0 Å². The average Bonchev–Trinajstić information content (AvgIpc) is 2.58. The fourth-order valence-corrected chi connectivity index (χ4v) is 2.95. The van der Waals surface area contributed by atoms with Crippen molar-refractivity contribution in [1.29, 1.82) is 0 Å². The second kappa shape index (κ2) is 3.81. The number of nitrogens with one attached hydrogen (secondary N) is 1. The molecule has 0 amide bonds. The predicted octanol–water partition coefficient (Wildman–Crippen LogP) is 2.36. The van der Waals surface area contributed by atoms with Gasteiger partial charge in [0.2, 0.25) is 0 Å². The smallest absolute Gasteiger partial charge is 0.104 e. The van der Waals surface area contributed by atoms with Crippen LogP contribution in [0, 0.1) is 0 Å². The molecule has 4 heteroatoms. The highest BCUT2D eigenvalue weighted by Crippen LogP contribution is 2.37. The molecule has 1 aliphatic heterocycles. The number of rotatable bonds is 1. The molecule has 2 atom stereocenters. The molecular formula is C10H14ClNOS. The Morgan fingerprint density at radius 1 is 1.71 bits per heavy atom. The molecule has 0 radical (unpaired) electrons. The first-order valence-corrected chi connectivity index (χ1v) is 6.07. The molecule has 78 valence electrons. The van der Waals surface area contributed by atoms with Crippen LogP contribution in [0.1, 0.15) is 25.3 Å². The van der Waals surface area contributed by atoms with E-state index in [1.807, 2.05) is 11.4 Å². The summed E-state index contributed by atoms with van der Waals surface area (Å²) >= 11 is 7.50. The molecule has 2 N–H and O–H groups in total. The number of halogens is 1. The van der Waals surface area contributed by atoms with Crippen molar-refractivity contribution in [3.63, 3.8) is 0 Å². The summed E-state index contributed by atoms with van der Waals surface area (Å²) < 4.78 is 0.712. The van der Waals surface area contributed by atoms with E-state index in [-0.39, 0.29) is 0 Å². The lowest BCUT2D eigenvalue weighted by Crippen LogP contribution is -2.47. The van der Waals surface area contributed by atoms with Gasteiger partial charge < -0.3 is 10.4 Å². The molecule has 2 nitrogen and oxygen atoms in total. The minimum Gasteiger partial charge on any atom is -0.384 e. The Hall–Kier alpha value is -0.0900. The van der Waals surface area contributed by atoms with E-state index >= 15 is 0 Å². The molecule has 0 bridgehead atoms. The largest absolute Gasteiger partial charge is 0.384 e. The van der Waals surface area contributed by atoms with Crippen molar-refractivity contribution in [2.45, 2.75) is 31.4 Å². The quantitative estimate of drug-likeness (QED) is 0.778. The van der Waals surface area contributed by atoms with Crippen LogP contribution >= 0.6 is 22.9 Å². The van der Waals surface area contributed by atoms with Crippen LogP contribution in [0.2, 0.25) is 4.34 Å². The summed E-state index contributed by atoms with van der Waals surface area (Å²) in [5.74, 6) is 0. The first kappa shape index (κ1) is 10.4. The minimum absolute atomic E-state index is 0.493. The van der Waals surface area contributed by atoms with E-state index in [0.717, 1.165) is 18.4 Å². The molecule has 1 saturated heterocycles. The van der Waals surface area contributed by atoms with Gasteiger partial charge in [-0.15, -0.1) is 11.3 Å². The summed E-state index contributed by atoms with van der Waals surface area (Å²) in [6.07, 6.45) is 1.78. The Kier molecular flexibility index (Phi) is 2.84. The third-order valence-electron chi connectivity index (χ3n) is 2.85. The Balaban J connectivity index is 2.21. The highest BCUT2D eigenvalue weighted by atomic mass is 35.5. The molecule has 0 aliphatic carbocycles. The Bertz CT molecular complexity index is 318. The SMILES string of the molecule is CC1CCC(O)(c2ccsc2Cl)CN1. The Labute approximate surface area is 92.9 Å². The molecular weight excluding hydrogens is 218 g/mol. The van der Waals surface area contributed by atoms with Crippen molar-refractivity contribution in [3.05, 3.63) is 21.3 Å². The Morgan fingerprint density at radius 3 is 3.00 bits per heavy atom. The van der Waals surface area contributed by atoms with E-state index in [0.29, 0.717) is 16.9 Å². The van der Waals surface area contributed by atoms with E-state index in [2.05, 4.69) is 12.2 Å². The zero-order valence-electron chi connectivity index (χ0n) is 8.09. The van der Waals surface area contributed by atoms with Crippen molar-refractivity contribution in [1.82, 2.24) is 5.32 Å². The van der Waals surface area contributed by atoms with Crippen LogP contribution in [0.25, 0.3) is 0 Å². The molecule has 1 aliphatic rings. The van der Waals surface area contributed by atoms with Gasteiger partial charge >= 0.3 is 0 Å². The van der Waals surface area contributed by atoms with Crippen LogP contribution in [0.3, 0.4) is 0 Å². The second-order valence-corrected chi connectivity index (χ2v) is 5.48. The van der Waals surface area contributed by atoms with E-state index < -0.39 is 5.60 Å². The van der Waals surface area contributed by atoms with Gasteiger partial charge in [0.25, 0.3) is 0 Å². The van der Waals surface area contributed by atoms with Crippen molar-refractivity contribution in [2.75, 3.05) is 6.54 Å². The molecule has 0 spiro atoms. The molecule has 14 heavy (non-hydrogen) atoms. The third kappa shape index (κ3) is 1.82. The van der Waals surface area contributed by atoms with Crippen molar-refractivity contribution in [2.24, 2.45) is 0 Å². The van der Waals surface area contributed by atoms with Crippen LogP contribution in [-0.4, -0.2) is 17.7 Å². The van der Waals surface area contributed by atoms with Gasteiger partial charge in [0.15, 0.2) is 0 Å². The Morgan fingerprint density at radius 2 is 2.50 bits per heavy atom. The summed E-state index contributed by atoms with van der Waals surface area (Å²) in [6, 6.07) is 2.41. The first-order valence-electron chi connectivity index (χ1n) is 4.81. The second-order valence-electron chi connectivity index (χ2n) is 3.96. The summed E-state index contributed by atoms with van der Waals surface area (Å²) in [6.45, 7) is 2.74. The maximum Gasteiger partial charge on any atom is 0.104 e. The number of β-amino-alcohol motifs (C(OH)–C–C–N with tert-alkyl or cyclic N) is 1. The van der Waals surface area contributed by atoms with E-state index in [1.54, 1.807) is 0 Å². The zero-order valence-corrected chi connectivity index (χ0v) is 9.66. The van der Waals surface area contributed by atoms with Crippen LogP contribution in [0.5, 0.6) is 0 Å². The van der Waals surface area contributed by atoms with E-state index in [4.69, 9.17) is 11.6 Å². The first-order chi connectivity index (χ1) is 6.62. The number of piperidine rings is 1. The van der Waals surface area contributed by atoms with E-state index in [9.17, 15) is 5.11 Å². The van der Waals surface area contributed by atoms with Crippen LogP contribution in [0.15, 0.2) is 11.4 Å². The topological polar surface area (TPSA) is 32.3 Å². The predicted molar refractivity (Wildman–Crippen MR) is 59.9 cm³/mol. The summed E-state index contributed by atoms with van der Waals surface area (Å²) in [5.41, 5.74) is 0.118. The number of aliphatic hydroxyl groups is 1. The van der Waals surface area contributed by atoms with Gasteiger partial charge in [-0.1, -0.05) is 11.6 Å². The molecule has 2 unspecified atom stereocenters. The monoisotopic (exact) mass is 231 g/mol. The highest BCUT2D eigenvalue weighted by Gasteiger charge is 2.35. The number of hydrogen-bond donors (Lipinski definition) is 2. The van der Waals surface area contributed by atoms with E-state index in [1.165, 1.54) is 11.3 Å². The molecule has 2 rings (SSSR count). The molecule has 1 fully saturated rings. The highest BCUT2D eigenvalue weighted by molar-refractivity contribution is 7.14. The minimum atomic E-state index is -0.760. The van der Waals surface area contributed by atoms with Crippen LogP contribution in [-0.2, 0) is 5.60 Å². The lowest BCUT2D eigenvalue weighted by atomic mass is 9.86. The molecule has 1 aromatic rings. The lowest BCUT2D eigenvalue weighted by molar-refractivity contribution is 0.00417. The number of thiophene rings is 1. The zero-order chi connectivity index (χ0) is 10.2. The molecule has 1 aromatic heterocycles. The normalized spacial score (nSPS) is 33.2. The maximum atomic E-state index is 10.4. The fraction of sp³-hybridized carbons (Fsp3) is 0.600. The summed E-state index contributed by atoms with van der Waals surface area (Å²) in [5, 5.41) is 15.6. The van der Waals surface area contributed by atoms with Crippen LogP contribution < -0.4 is 5.32 Å². The van der Waals surface area contributed by atoms with Crippen molar-refractivity contribution >= 4 is 22.9 Å². The van der Waals surface area contributed by atoms with Gasteiger partial charge in [0.05, 0.1) is 4.34 Å².